The molecule has 2 aromatic carbocycles. The highest BCUT2D eigenvalue weighted by molar-refractivity contribution is 5.90. The fraction of sp³-hybridized carbons (Fsp3) is 0.250. The van der Waals surface area contributed by atoms with Gasteiger partial charge in [0, 0.05) is 5.56 Å². The summed E-state index contributed by atoms with van der Waals surface area (Å²) in [6.45, 7) is 2.51. The van der Waals surface area contributed by atoms with Crippen molar-refractivity contribution < 1.29 is 23.4 Å². The summed E-state index contributed by atoms with van der Waals surface area (Å²) in [5, 5.41) is 10.4. The minimum Gasteiger partial charge on any atom is -0.494 e. The molecule has 0 aliphatic heterocycles. The molecule has 146 valence electrons. The molecule has 0 aliphatic carbocycles. The normalized spacial score (nSPS) is 10.4. The van der Waals surface area contributed by atoms with E-state index in [0.717, 1.165) is 16.9 Å². The first-order valence-corrected chi connectivity index (χ1v) is 8.70. The van der Waals surface area contributed by atoms with Crippen molar-refractivity contribution in [3.05, 3.63) is 48.0 Å². The van der Waals surface area contributed by atoms with Crippen LogP contribution in [0.5, 0.6) is 17.2 Å². The molecule has 0 unspecified atom stereocenters. The molecule has 0 fully saturated rings. The highest BCUT2D eigenvalue weighted by Crippen LogP contribution is 2.28. The van der Waals surface area contributed by atoms with Gasteiger partial charge in [-0.2, -0.15) is 0 Å². The lowest BCUT2D eigenvalue weighted by Gasteiger charge is -2.09. The van der Waals surface area contributed by atoms with E-state index in [-0.39, 0.29) is 18.3 Å². The average Bonchev–Trinajstić information content (AvgIpc) is 3.17. The zero-order valence-electron chi connectivity index (χ0n) is 15.9. The molecule has 0 aliphatic rings. The van der Waals surface area contributed by atoms with Crippen molar-refractivity contribution >= 4 is 11.9 Å². The van der Waals surface area contributed by atoms with Crippen LogP contribution in [0.1, 0.15) is 12.5 Å². The smallest absolute Gasteiger partial charge is 0.322 e. The van der Waals surface area contributed by atoms with Crippen LogP contribution in [-0.2, 0) is 11.2 Å². The van der Waals surface area contributed by atoms with E-state index in [1.807, 2.05) is 31.2 Å². The molecule has 28 heavy (non-hydrogen) atoms. The predicted molar refractivity (Wildman–Crippen MR) is 103 cm³/mol. The maximum absolute atomic E-state index is 12.3. The Balaban J connectivity index is 1.64. The Bertz CT molecular complexity index is 937. The number of carbonyl (C=O) groups is 1. The van der Waals surface area contributed by atoms with Gasteiger partial charge in [0.25, 0.3) is 0 Å². The van der Waals surface area contributed by atoms with E-state index in [0.29, 0.717) is 24.0 Å². The van der Waals surface area contributed by atoms with Gasteiger partial charge >= 0.3 is 6.01 Å². The van der Waals surface area contributed by atoms with Gasteiger partial charge < -0.3 is 18.6 Å². The van der Waals surface area contributed by atoms with Crippen molar-refractivity contribution in [1.82, 2.24) is 10.2 Å². The second-order valence-corrected chi connectivity index (χ2v) is 5.78. The summed E-state index contributed by atoms with van der Waals surface area (Å²) in [6, 6.07) is 12.6. The second-order valence-electron chi connectivity index (χ2n) is 5.78. The second kappa shape index (κ2) is 8.90. The summed E-state index contributed by atoms with van der Waals surface area (Å²) < 4.78 is 21.4. The lowest BCUT2D eigenvalue weighted by molar-refractivity contribution is -0.115. The zero-order valence-corrected chi connectivity index (χ0v) is 15.9. The van der Waals surface area contributed by atoms with E-state index in [4.69, 9.17) is 18.6 Å². The summed E-state index contributed by atoms with van der Waals surface area (Å²) in [6.07, 6.45) is 0.126. The van der Waals surface area contributed by atoms with E-state index in [1.54, 1.807) is 32.4 Å². The largest absolute Gasteiger partial charge is 0.494 e. The molecule has 0 radical (unpaired) electrons. The molecule has 3 aromatic rings. The number of nitrogens with zero attached hydrogens (tertiary/aromatic N) is 2. The fourth-order valence-corrected chi connectivity index (χ4v) is 2.59. The fourth-order valence-electron chi connectivity index (χ4n) is 2.59. The number of rotatable bonds is 8. The van der Waals surface area contributed by atoms with E-state index in [1.165, 1.54) is 0 Å². The van der Waals surface area contributed by atoms with Gasteiger partial charge in [-0.15, -0.1) is 5.10 Å². The highest BCUT2D eigenvalue weighted by atomic mass is 16.5. The standard InChI is InChI=1S/C20H21N3O5/c1-4-27-15-8-6-14(7-9-15)19-22-23-20(28-19)21-18(24)12-13-5-10-16(25-2)17(11-13)26-3/h5-11H,4,12H2,1-3H3,(H,21,23,24). The van der Waals surface area contributed by atoms with Crippen LogP contribution >= 0.6 is 0 Å². The molecule has 1 amide bonds. The average molecular weight is 383 g/mol. The van der Waals surface area contributed by atoms with E-state index < -0.39 is 0 Å². The lowest BCUT2D eigenvalue weighted by Crippen LogP contribution is -2.14. The topological polar surface area (TPSA) is 95.7 Å². The molecule has 1 N–H and O–H groups in total. The van der Waals surface area contributed by atoms with Gasteiger partial charge in [-0.1, -0.05) is 11.2 Å². The van der Waals surface area contributed by atoms with Crippen LogP contribution in [-0.4, -0.2) is 36.9 Å². The van der Waals surface area contributed by atoms with Crippen molar-refractivity contribution in [2.24, 2.45) is 0 Å². The third-order valence-corrected chi connectivity index (χ3v) is 3.90. The van der Waals surface area contributed by atoms with Gasteiger partial charge in [-0.3, -0.25) is 10.1 Å². The van der Waals surface area contributed by atoms with Crippen molar-refractivity contribution in [2.45, 2.75) is 13.3 Å². The maximum atomic E-state index is 12.3. The minimum absolute atomic E-state index is 0.0364. The van der Waals surface area contributed by atoms with Crippen molar-refractivity contribution in [2.75, 3.05) is 26.1 Å². The monoisotopic (exact) mass is 383 g/mol. The van der Waals surface area contributed by atoms with Crippen LogP contribution < -0.4 is 19.5 Å². The Kier molecular flexibility index (Phi) is 6.11. The third-order valence-electron chi connectivity index (χ3n) is 3.90. The first kappa shape index (κ1) is 19.2. The number of aromatic nitrogens is 2. The number of anilines is 1. The number of hydrogen-bond donors (Lipinski definition) is 1. The maximum Gasteiger partial charge on any atom is 0.322 e. The Morgan fingerprint density at radius 2 is 1.79 bits per heavy atom. The van der Waals surface area contributed by atoms with Crippen LogP contribution in [0.25, 0.3) is 11.5 Å². The van der Waals surface area contributed by atoms with Crippen molar-refractivity contribution in [3.63, 3.8) is 0 Å². The number of nitrogens with one attached hydrogen (secondary N) is 1. The quantitative estimate of drug-likeness (QED) is 0.637. The van der Waals surface area contributed by atoms with E-state index in [2.05, 4.69) is 15.5 Å². The molecule has 1 heterocycles. The molecule has 0 bridgehead atoms. The summed E-state index contributed by atoms with van der Waals surface area (Å²) in [4.78, 5) is 12.3. The number of methoxy groups -OCH3 is 2. The first-order chi connectivity index (χ1) is 13.6. The Hall–Kier alpha value is -3.55. The zero-order chi connectivity index (χ0) is 19.9. The van der Waals surface area contributed by atoms with Gasteiger partial charge in [-0.05, 0) is 48.9 Å². The van der Waals surface area contributed by atoms with Gasteiger partial charge in [-0.25, -0.2) is 0 Å². The summed E-state index contributed by atoms with van der Waals surface area (Å²) in [5.74, 6) is 1.94. The Morgan fingerprint density at radius 3 is 2.46 bits per heavy atom. The van der Waals surface area contributed by atoms with Crippen LogP contribution in [0.2, 0.25) is 0 Å². The molecule has 1 aromatic heterocycles. The Labute approximate surface area is 162 Å². The van der Waals surface area contributed by atoms with Gasteiger partial charge in [0.1, 0.15) is 5.75 Å². The van der Waals surface area contributed by atoms with Crippen LogP contribution in [0.15, 0.2) is 46.9 Å². The minimum atomic E-state index is -0.283. The SMILES string of the molecule is CCOc1ccc(-c2nnc(NC(=O)Cc3ccc(OC)c(OC)c3)o2)cc1. The molecule has 0 spiro atoms. The number of carbonyl (C=O) groups excluding carboxylic acids is 1. The van der Waals surface area contributed by atoms with Gasteiger partial charge in [0.05, 0.1) is 27.2 Å². The molecule has 0 saturated heterocycles. The molecule has 0 saturated carbocycles. The summed E-state index contributed by atoms with van der Waals surface area (Å²) >= 11 is 0. The summed E-state index contributed by atoms with van der Waals surface area (Å²) in [5.41, 5.74) is 1.50. The number of amides is 1. The first-order valence-electron chi connectivity index (χ1n) is 8.70. The molecule has 3 rings (SSSR count). The number of benzene rings is 2. The van der Waals surface area contributed by atoms with E-state index >= 15 is 0 Å². The molecule has 8 heteroatoms. The number of hydrogen-bond acceptors (Lipinski definition) is 7. The number of ether oxygens (including phenoxy) is 3. The summed E-state index contributed by atoms with van der Waals surface area (Å²) in [7, 11) is 3.10. The van der Waals surface area contributed by atoms with Gasteiger partial charge in [0.2, 0.25) is 11.8 Å². The lowest BCUT2D eigenvalue weighted by atomic mass is 10.1. The van der Waals surface area contributed by atoms with Crippen LogP contribution in [0.3, 0.4) is 0 Å². The molecule has 8 nitrogen and oxygen atoms in total. The predicted octanol–water partition coefficient (Wildman–Crippen LogP) is 3.33. The van der Waals surface area contributed by atoms with Gasteiger partial charge in [0.15, 0.2) is 11.5 Å². The Morgan fingerprint density at radius 1 is 1.04 bits per heavy atom. The van der Waals surface area contributed by atoms with Crippen molar-refractivity contribution in [3.8, 4) is 28.7 Å². The molecular weight excluding hydrogens is 362 g/mol. The van der Waals surface area contributed by atoms with Crippen molar-refractivity contribution in [1.29, 1.82) is 0 Å². The third kappa shape index (κ3) is 4.59. The van der Waals surface area contributed by atoms with Crippen LogP contribution in [0, 0.1) is 0 Å². The van der Waals surface area contributed by atoms with Crippen LogP contribution in [0.4, 0.5) is 6.01 Å². The molecule has 0 atom stereocenters. The molecular formula is C20H21N3O5. The highest BCUT2D eigenvalue weighted by Gasteiger charge is 2.13. The van der Waals surface area contributed by atoms with E-state index in [9.17, 15) is 4.79 Å².